The molecular formula is C11H11ClF2O3. The molecule has 0 amide bonds. The number of carbonyl (C=O) groups excluding carboxylic acids is 1. The zero-order valence-corrected chi connectivity index (χ0v) is 9.79. The van der Waals surface area contributed by atoms with Crippen LogP contribution in [-0.2, 0) is 16.0 Å². The zero-order valence-electron chi connectivity index (χ0n) is 9.03. The zero-order chi connectivity index (χ0) is 12.8. The molecule has 6 heteroatoms. The Morgan fingerprint density at radius 2 is 2.06 bits per heavy atom. The Bertz CT molecular complexity index is 385. The predicted octanol–water partition coefficient (Wildman–Crippen LogP) is 2.61. The molecule has 0 bridgehead atoms. The molecule has 1 rings (SSSR count). The van der Waals surface area contributed by atoms with Crippen molar-refractivity contribution in [3.8, 4) is 5.75 Å². The van der Waals surface area contributed by atoms with Gasteiger partial charge < -0.3 is 9.47 Å². The van der Waals surface area contributed by atoms with E-state index in [9.17, 15) is 13.6 Å². The Kier molecular flexibility index (Phi) is 5.15. The summed E-state index contributed by atoms with van der Waals surface area (Å²) in [6, 6.07) is 6.16. The van der Waals surface area contributed by atoms with Crippen molar-refractivity contribution >= 4 is 17.6 Å². The molecule has 1 aromatic carbocycles. The molecule has 0 saturated carbocycles. The van der Waals surface area contributed by atoms with Crippen molar-refractivity contribution in [2.45, 2.75) is 18.4 Å². The average Bonchev–Trinajstić information content (AvgIpc) is 2.29. The maximum Gasteiger partial charge on any atom is 0.387 e. The molecule has 3 nitrogen and oxygen atoms in total. The first-order valence-corrected chi connectivity index (χ1v) is 5.23. The minimum absolute atomic E-state index is 0.0112. The summed E-state index contributed by atoms with van der Waals surface area (Å²) in [5, 5.41) is -0.928. The second-order valence-electron chi connectivity index (χ2n) is 3.18. The van der Waals surface area contributed by atoms with Crippen LogP contribution in [0.4, 0.5) is 8.78 Å². The normalized spacial score (nSPS) is 12.3. The molecule has 0 radical (unpaired) electrons. The lowest BCUT2D eigenvalue weighted by molar-refractivity contribution is -0.140. The summed E-state index contributed by atoms with van der Waals surface area (Å²) in [7, 11) is 1.21. The number of methoxy groups -OCH3 is 1. The van der Waals surface area contributed by atoms with Gasteiger partial charge in [-0.25, -0.2) is 0 Å². The molecule has 0 saturated heterocycles. The highest BCUT2D eigenvalue weighted by molar-refractivity contribution is 6.30. The summed E-state index contributed by atoms with van der Waals surface area (Å²) in [4.78, 5) is 11.1. The second-order valence-corrected chi connectivity index (χ2v) is 3.71. The van der Waals surface area contributed by atoms with E-state index < -0.39 is 18.0 Å². The molecule has 0 aliphatic rings. The highest BCUT2D eigenvalue weighted by atomic mass is 35.5. The van der Waals surface area contributed by atoms with Crippen LogP contribution in [0, 0.1) is 0 Å². The van der Waals surface area contributed by atoms with Crippen LogP contribution >= 0.6 is 11.6 Å². The van der Waals surface area contributed by atoms with Gasteiger partial charge in [-0.2, -0.15) is 8.78 Å². The third-order valence-electron chi connectivity index (χ3n) is 2.04. The number of hydrogen-bond donors (Lipinski definition) is 0. The van der Waals surface area contributed by atoms with Crippen molar-refractivity contribution in [3.05, 3.63) is 29.8 Å². The maximum absolute atomic E-state index is 12.1. The standard InChI is InChI=1S/C11H11ClF2O3/c1-16-10(15)8(12)6-7-4-2-3-5-9(7)17-11(13)14/h2-5,8,11H,6H2,1H3. The summed E-state index contributed by atoms with van der Waals surface area (Å²) < 4.78 is 33.0. The number of esters is 1. The number of para-hydroxylation sites is 1. The van der Waals surface area contributed by atoms with Crippen LogP contribution in [0.2, 0.25) is 0 Å². The summed E-state index contributed by atoms with van der Waals surface area (Å²) in [5.41, 5.74) is 0.429. The maximum atomic E-state index is 12.1. The smallest absolute Gasteiger partial charge is 0.387 e. The molecule has 1 unspecified atom stereocenters. The van der Waals surface area contributed by atoms with Gasteiger partial charge in [0.2, 0.25) is 0 Å². The van der Waals surface area contributed by atoms with E-state index in [4.69, 9.17) is 11.6 Å². The Hall–Kier alpha value is -1.36. The number of hydrogen-bond acceptors (Lipinski definition) is 3. The minimum atomic E-state index is -2.91. The van der Waals surface area contributed by atoms with E-state index in [2.05, 4.69) is 9.47 Å². The molecule has 1 atom stereocenters. The van der Waals surface area contributed by atoms with Crippen molar-refractivity contribution < 1.29 is 23.0 Å². The molecule has 0 spiro atoms. The highest BCUT2D eigenvalue weighted by Gasteiger charge is 2.19. The number of benzene rings is 1. The van der Waals surface area contributed by atoms with Gasteiger partial charge >= 0.3 is 12.6 Å². The number of ether oxygens (including phenoxy) is 2. The number of alkyl halides is 3. The Balaban J connectivity index is 2.79. The van der Waals surface area contributed by atoms with Gasteiger partial charge in [0.15, 0.2) is 0 Å². The largest absolute Gasteiger partial charge is 0.468 e. The van der Waals surface area contributed by atoms with Crippen LogP contribution in [0.25, 0.3) is 0 Å². The van der Waals surface area contributed by atoms with E-state index in [0.717, 1.165) is 0 Å². The first-order chi connectivity index (χ1) is 8.04. The summed E-state index contributed by atoms with van der Waals surface area (Å²) in [5.74, 6) is -0.601. The van der Waals surface area contributed by atoms with Gasteiger partial charge in [0.25, 0.3) is 0 Å². The fourth-order valence-corrected chi connectivity index (χ4v) is 1.54. The SMILES string of the molecule is COC(=O)C(Cl)Cc1ccccc1OC(F)F. The van der Waals surface area contributed by atoms with Crippen LogP contribution in [0.5, 0.6) is 5.75 Å². The molecular weight excluding hydrogens is 254 g/mol. The predicted molar refractivity (Wildman–Crippen MR) is 58.4 cm³/mol. The number of carbonyl (C=O) groups is 1. The molecule has 94 valence electrons. The molecule has 0 N–H and O–H groups in total. The molecule has 0 aliphatic heterocycles. The lowest BCUT2D eigenvalue weighted by atomic mass is 10.1. The van der Waals surface area contributed by atoms with E-state index in [-0.39, 0.29) is 12.2 Å². The summed E-state index contributed by atoms with van der Waals surface area (Å²) in [6.07, 6.45) is 0.0666. The van der Waals surface area contributed by atoms with E-state index in [1.54, 1.807) is 18.2 Å². The van der Waals surface area contributed by atoms with Gasteiger partial charge in [-0.05, 0) is 11.6 Å². The lowest BCUT2D eigenvalue weighted by Gasteiger charge is -2.12. The van der Waals surface area contributed by atoms with Crippen LogP contribution in [0.15, 0.2) is 24.3 Å². The van der Waals surface area contributed by atoms with Gasteiger partial charge in [0.05, 0.1) is 7.11 Å². The molecule has 1 aromatic rings. The van der Waals surface area contributed by atoms with Gasteiger partial charge in [-0.15, -0.1) is 11.6 Å². The second kappa shape index (κ2) is 6.39. The summed E-state index contributed by atoms with van der Waals surface area (Å²) >= 11 is 5.76. The van der Waals surface area contributed by atoms with Gasteiger partial charge in [0.1, 0.15) is 11.1 Å². The highest BCUT2D eigenvalue weighted by Crippen LogP contribution is 2.23. The van der Waals surface area contributed by atoms with E-state index in [1.807, 2.05) is 0 Å². The Morgan fingerprint density at radius 1 is 1.41 bits per heavy atom. The molecule has 0 fully saturated rings. The van der Waals surface area contributed by atoms with Crippen molar-refractivity contribution in [2.75, 3.05) is 7.11 Å². The number of halogens is 3. The molecule has 17 heavy (non-hydrogen) atoms. The minimum Gasteiger partial charge on any atom is -0.468 e. The van der Waals surface area contributed by atoms with E-state index in [0.29, 0.717) is 5.56 Å². The topological polar surface area (TPSA) is 35.5 Å². The van der Waals surface area contributed by atoms with Gasteiger partial charge in [-0.3, -0.25) is 4.79 Å². The van der Waals surface area contributed by atoms with Gasteiger partial charge in [0, 0.05) is 6.42 Å². The van der Waals surface area contributed by atoms with Crippen molar-refractivity contribution in [1.29, 1.82) is 0 Å². The molecule has 0 aliphatic carbocycles. The number of rotatable bonds is 5. The molecule has 0 heterocycles. The van der Waals surface area contributed by atoms with Crippen molar-refractivity contribution in [1.82, 2.24) is 0 Å². The van der Waals surface area contributed by atoms with E-state index >= 15 is 0 Å². The van der Waals surface area contributed by atoms with E-state index in [1.165, 1.54) is 13.2 Å². The fraction of sp³-hybridized carbons (Fsp3) is 0.364. The van der Waals surface area contributed by atoms with Crippen LogP contribution in [0.1, 0.15) is 5.56 Å². The summed E-state index contributed by atoms with van der Waals surface area (Å²) in [6.45, 7) is -2.91. The molecule has 0 aromatic heterocycles. The first kappa shape index (κ1) is 13.7. The Morgan fingerprint density at radius 3 is 2.65 bits per heavy atom. The Labute approximate surface area is 102 Å². The van der Waals surface area contributed by atoms with Crippen LogP contribution in [0.3, 0.4) is 0 Å². The van der Waals surface area contributed by atoms with Crippen molar-refractivity contribution in [2.24, 2.45) is 0 Å². The first-order valence-electron chi connectivity index (χ1n) is 4.79. The van der Waals surface area contributed by atoms with Crippen LogP contribution < -0.4 is 4.74 Å². The third kappa shape index (κ3) is 4.19. The lowest BCUT2D eigenvalue weighted by Crippen LogP contribution is -2.19. The average molecular weight is 265 g/mol. The fourth-order valence-electron chi connectivity index (χ4n) is 1.29. The monoisotopic (exact) mass is 264 g/mol. The third-order valence-corrected chi connectivity index (χ3v) is 2.38. The van der Waals surface area contributed by atoms with Crippen molar-refractivity contribution in [3.63, 3.8) is 0 Å². The quantitative estimate of drug-likeness (QED) is 0.606. The van der Waals surface area contributed by atoms with Gasteiger partial charge in [-0.1, -0.05) is 18.2 Å². The van der Waals surface area contributed by atoms with Crippen LogP contribution in [-0.4, -0.2) is 25.1 Å².